The molecule has 0 atom stereocenters. The molecule has 5 nitrogen and oxygen atoms in total. The fourth-order valence-electron chi connectivity index (χ4n) is 1.42. The topological polar surface area (TPSA) is 59.5 Å². The summed E-state index contributed by atoms with van der Waals surface area (Å²) in [7, 11) is 1.32. The van der Waals surface area contributed by atoms with Crippen molar-refractivity contribution in [1.29, 1.82) is 0 Å². The van der Waals surface area contributed by atoms with Crippen molar-refractivity contribution in [2.45, 2.75) is 24.8 Å². The van der Waals surface area contributed by atoms with Gasteiger partial charge in [-0.25, -0.2) is 0 Å². The summed E-state index contributed by atoms with van der Waals surface area (Å²) in [6.45, 7) is 3.74. The van der Waals surface area contributed by atoms with E-state index in [2.05, 4.69) is 9.72 Å². The summed E-state index contributed by atoms with van der Waals surface area (Å²) in [6.07, 6.45) is 3.36. The number of hydrogen-bond donors (Lipinski definition) is 0. The van der Waals surface area contributed by atoms with E-state index in [1.54, 1.807) is 12.4 Å². The van der Waals surface area contributed by atoms with E-state index in [9.17, 15) is 9.59 Å². The molecule has 0 saturated carbocycles. The quantitative estimate of drug-likeness (QED) is 0.585. The predicted molar refractivity (Wildman–Crippen MR) is 73.8 cm³/mol. The van der Waals surface area contributed by atoms with Gasteiger partial charge in [0.25, 0.3) is 0 Å². The van der Waals surface area contributed by atoms with Crippen LogP contribution in [0.25, 0.3) is 0 Å². The largest absolute Gasteiger partial charge is 0.468 e. The van der Waals surface area contributed by atoms with Crippen LogP contribution in [0.1, 0.15) is 13.8 Å². The molecule has 1 rings (SSSR count). The molecule has 0 N–H and O–H groups in total. The third-order valence-electron chi connectivity index (χ3n) is 2.48. The zero-order valence-corrected chi connectivity index (χ0v) is 12.1. The van der Waals surface area contributed by atoms with Crippen LogP contribution < -0.4 is 0 Å². The van der Waals surface area contributed by atoms with Crippen molar-refractivity contribution in [2.75, 3.05) is 19.4 Å². The minimum Gasteiger partial charge on any atom is -0.468 e. The summed E-state index contributed by atoms with van der Waals surface area (Å²) in [5.41, 5.74) is 0. The highest BCUT2D eigenvalue weighted by Gasteiger charge is 2.20. The van der Waals surface area contributed by atoms with Crippen LogP contribution >= 0.6 is 11.8 Å². The van der Waals surface area contributed by atoms with Gasteiger partial charge in [0.15, 0.2) is 0 Å². The first-order valence-corrected chi connectivity index (χ1v) is 6.92. The molecule has 0 spiro atoms. The minimum absolute atomic E-state index is 0.0100. The van der Waals surface area contributed by atoms with Crippen molar-refractivity contribution < 1.29 is 14.3 Å². The standard InChI is InChI=1S/C13H18N2O3S/c1-10(2)15(8-13(17)18-3)12(16)9-19-11-4-6-14-7-5-11/h4-7,10H,8-9H2,1-3H3. The molecule has 1 aromatic heterocycles. The summed E-state index contributed by atoms with van der Waals surface area (Å²) in [6, 6.07) is 3.65. The molecular weight excluding hydrogens is 264 g/mol. The fraction of sp³-hybridized carbons (Fsp3) is 0.462. The molecule has 0 fully saturated rings. The maximum absolute atomic E-state index is 12.1. The Labute approximate surface area is 117 Å². The first-order chi connectivity index (χ1) is 9.04. The average molecular weight is 282 g/mol. The number of carbonyl (C=O) groups is 2. The summed E-state index contributed by atoms with van der Waals surface area (Å²) in [5, 5.41) is 0. The molecule has 6 heteroatoms. The second kappa shape index (κ2) is 7.78. The van der Waals surface area contributed by atoms with Crippen LogP contribution in [0, 0.1) is 0 Å². The van der Waals surface area contributed by atoms with Gasteiger partial charge in [-0.05, 0) is 26.0 Å². The van der Waals surface area contributed by atoms with Crippen LogP contribution in [-0.2, 0) is 14.3 Å². The lowest BCUT2D eigenvalue weighted by molar-refractivity contribution is -0.147. The van der Waals surface area contributed by atoms with Crippen LogP contribution in [0.2, 0.25) is 0 Å². The molecule has 19 heavy (non-hydrogen) atoms. The normalized spacial score (nSPS) is 10.3. The number of ether oxygens (including phenoxy) is 1. The first-order valence-electron chi connectivity index (χ1n) is 5.93. The van der Waals surface area contributed by atoms with Crippen molar-refractivity contribution >= 4 is 23.6 Å². The SMILES string of the molecule is COC(=O)CN(C(=O)CSc1ccncc1)C(C)C. The summed E-state index contributed by atoms with van der Waals surface area (Å²) < 4.78 is 4.60. The third kappa shape index (κ3) is 5.30. The zero-order valence-electron chi connectivity index (χ0n) is 11.3. The van der Waals surface area contributed by atoms with E-state index in [0.717, 1.165) is 4.90 Å². The number of aromatic nitrogens is 1. The number of amides is 1. The molecule has 1 amide bonds. The number of methoxy groups -OCH3 is 1. The van der Waals surface area contributed by atoms with Crippen molar-refractivity contribution in [3.63, 3.8) is 0 Å². The third-order valence-corrected chi connectivity index (χ3v) is 3.48. The maximum Gasteiger partial charge on any atom is 0.325 e. The number of thioether (sulfide) groups is 1. The highest BCUT2D eigenvalue weighted by atomic mass is 32.2. The molecule has 1 aromatic rings. The van der Waals surface area contributed by atoms with Gasteiger partial charge in [0, 0.05) is 23.3 Å². The molecule has 0 bridgehead atoms. The first kappa shape index (κ1) is 15.5. The van der Waals surface area contributed by atoms with Crippen molar-refractivity contribution in [1.82, 2.24) is 9.88 Å². The second-order valence-corrected chi connectivity index (χ2v) is 5.21. The summed E-state index contributed by atoms with van der Waals surface area (Å²) >= 11 is 1.43. The van der Waals surface area contributed by atoms with Crippen LogP contribution in [0.5, 0.6) is 0 Å². The fourth-order valence-corrected chi connectivity index (χ4v) is 2.19. The van der Waals surface area contributed by atoms with Crippen LogP contribution in [-0.4, -0.2) is 47.2 Å². The Balaban J connectivity index is 2.55. The van der Waals surface area contributed by atoms with Gasteiger partial charge in [0.1, 0.15) is 6.54 Å². The lowest BCUT2D eigenvalue weighted by Gasteiger charge is -2.25. The van der Waals surface area contributed by atoms with E-state index >= 15 is 0 Å². The number of nitrogens with zero attached hydrogens (tertiary/aromatic N) is 2. The van der Waals surface area contributed by atoms with Crippen molar-refractivity contribution in [2.24, 2.45) is 0 Å². The van der Waals surface area contributed by atoms with E-state index in [4.69, 9.17) is 0 Å². The van der Waals surface area contributed by atoms with Crippen LogP contribution in [0.3, 0.4) is 0 Å². The number of rotatable bonds is 6. The molecule has 0 aliphatic carbocycles. The van der Waals surface area contributed by atoms with E-state index in [0.29, 0.717) is 5.75 Å². The molecule has 0 aliphatic rings. The zero-order chi connectivity index (χ0) is 14.3. The molecule has 0 aromatic carbocycles. The van der Waals surface area contributed by atoms with Gasteiger partial charge in [-0.1, -0.05) is 0 Å². The highest BCUT2D eigenvalue weighted by Crippen LogP contribution is 2.17. The number of hydrogen-bond acceptors (Lipinski definition) is 5. The van der Waals surface area contributed by atoms with E-state index in [1.165, 1.54) is 23.8 Å². The van der Waals surface area contributed by atoms with E-state index in [1.807, 2.05) is 26.0 Å². The van der Waals surface area contributed by atoms with Crippen molar-refractivity contribution in [3.8, 4) is 0 Å². The van der Waals surface area contributed by atoms with Gasteiger partial charge in [0.05, 0.1) is 12.9 Å². The summed E-state index contributed by atoms with van der Waals surface area (Å²) in [5.74, 6) is -0.197. The molecule has 0 radical (unpaired) electrons. The average Bonchev–Trinajstić information content (AvgIpc) is 2.42. The van der Waals surface area contributed by atoms with Gasteiger partial charge in [-0.3, -0.25) is 14.6 Å². The molecule has 1 heterocycles. The molecule has 104 valence electrons. The van der Waals surface area contributed by atoms with Gasteiger partial charge in [-0.15, -0.1) is 11.8 Å². The van der Waals surface area contributed by atoms with Crippen LogP contribution in [0.15, 0.2) is 29.4 Å². The molecule has 0 unspecified atom stereocenters. The Morgan fingerprint density at radius 2 is 2.00 bits per heavy atom. The Bertz CT molecular complexity index is 423. The van der Waals surface area contributed by atoms with Crippen LogP contribution in [0.4, 0.5) is 0 Å². The number of pyridine rings is 1. The van der Waals surface area contributed by atoms with Crippen molar-refractivity contribution in [3.05, 3.63) is 24.5 Å². The smallest absolute Gasteiger partial charge is 0.325 e. The minimum atomic E-state index is -0.407. The Morgan fingerprint density at radius 3 is 2.53 bits per heavy atom. The van der Waals surface area contributed by atoms with Gasteiger partial charge < -0.3 is 9.64 Å². The van der Waals surface area contributed by atoms with Gasteiger partial charge in [-0.2, -0.15) is 0 Å². The Morgan fingerprint density at radius 1 is 1.37 bits per heavy atom. The lowest BCUT2D eigenvalue weighted by atomic mass is 10.3. The summed E-state index contributed by atoms with van der Waals surface area (Å²) in [4.78, 5) is 29.8. The molecule has 0 aliphatic heterocycles. The second-order valence-electron chi connectivity index (χ2n) is 4.16. The maximum atomic E-state index is 12.1. The lowest BCUT2D eigenvalue weighted by Crippen LogP contribution is -2.42. The molecule has 0 saturated heterocycles. The van der Waals surface area contributed by atoms with Gasteiger partial charge in [0.2, 0.25) is 5.91 Å². The number of esters is 1. The Hall–Kier alpha value is -1.56. The monoisotopic (exact) mass is 282 g/mol. The highest BCUT2D eigenvalue weighted by molar-refractivity contribution is 8.00. The van der Waals surface area contributed by atoms with E-state index in [-0.39, 0.29) is 18.5 Å². The van der Waals surface area contributed by atoms with Gasteiger partial charge >= 0.3 is 5.97 Å². The predicted octanol–water partition coefficient (Wildman–Crippen LogP) is 1.58. The Kier molecular flexibility index (Phi) is 6.35. The molecular formula is C13H18N2O3S. The van der Waals surface area contributed by atoms with E-state index < -0.39 is 5.97 Å². The number of carbonyl (C=O) groups excluding carboxylic acids is 2.